The predicted molar refractivity (Wildman–Crippen MR) is 127 cm³/mol. The molecule has 7 nitrogen and oxygen atoms in total. The highest BCUT2D eigenvalue weighted by molar-refractivity contribution is 14.0. The smallest absolute Gasteiger partial charge is 0.191 e. The molecule has 1 aromatic rings. The number of benzene rings is 1. The fourth-order valence-corrected chi connectivity index (χ4v) is 3.08. The van der Waals surface area contributed by atoms with Gasteiger partial charge in [-0.3, -0.25) is 4.99 Å². The van der Waals surface area contributed by atoms with Crippen molar-refractivity contribution in [2.45, 2.75) is 13.0 Å². The first-order valence-electron chi connectivity index (χ1n) is 9.87. The van der Waals surface area contributed by atoms with Crippen molar-refractivity contribution in [1.82, 2.24) is 15.5 Å². The van der Waals surface area contributed by atoms with Crippen molar-refractivity contribution in [2.24, 2.45) is 4.99 Å². The lowest BCUT2D eigenvalue weighted by Gasteiger charge is -2.29. The summed E-state index contributed by atoms with van der Waals surface area (Å²) in [6, 6.07) is 5.40. The molecule has 1 aliphatic rings. The minimum Gasteiger partial charge on any atom is -0.385 e. The number of halogens is 2. The number of methoxy groups -OCH3 is 1. The van der Waals surface area contributed by atoms with Gasteiger partial charge < -0.3 is 29.9 Å². The number of morpholine rings is 1. The molecule has 0 saturated carbocycles. The lowest BCUT2D eigenvalue weighted by Crippen LogP contribution is -2.40. The molecule has 1 aliphatic heterocycles. The third-order valence-electron chi connectivity index (χ3n) is 4.72. The first-order chi connectivity index (χ1) is 13.6. The van der Waals surface area contributed by atoms with Gasteiger partial charge in [0, 0.05) is 60.0 Å². The van der Waals surface area contributed by atoms with E-state index in [1.165, 1.54) is 0 Å². The van der Waals surface area contributed by atoms with Crippen molar-refractivity contribution in [3.05, 3.63) is 29.6 Å². The topological polar surface area (TPSA) is 61.4 Å². The van der Waals surface area contributed by atoms with Crippen LogP contribution in [0.25, 0.3) is 0 Å². The molecule has 1 heterocycles. The van der Waals surface area contributed by atoms with Gasteiger partial charge in [0.25, 0.3) is 0 Å². The summed E-state index contributed by atoms with van der Waals surface area (Å²) in [5.41, 5.74) is 1.53. The van der Waals surface area contributed by atoms with Crippen LogP contribution in [0.15, 0.2) is 23.2 Å². The van der Waals surface area contributed by atoms with Gasteiger partial charge in [-0.25, -0.2) is 4.39 Å². The van der Waals surface area contributed by atoms with Crippen molar-refractivity contribution < 1.29 is 13.9 Å². The van der Waals surface area contributed by atoms with E-state index in [9.17, 15) is 4.39 Å². The van der Waals surface area contributed by atoms with Gasteiger partial charge in [-0.05, 0) is 31.2 Å². The van der Waals surface area contributed by atoms with Crippen molar-refractivity contribution in [3.63, 3.8) is 0 Å². The fourth-order valence-electron chi connectivity index (χ4n) is 3.08. The predicted octanol–water partition coefficient (Wildman–Crippen LogP) is 1.91. The molecule has 2 N–H and O–H groups in total. The number of hydrogen-bond donors (Lipinski definition) is 2. The number of likely N-dealkylation sites (N-methyl/N-ethyl adjacent to an activating group) is 1. The highest BCUT2D eigenvalue weighted by Crippen LogP contribution is 2.21. The van der Waals surface area contributed by atoms with Crippen LogP contribution in [0, 0.1) is 5.82 Å². The van der Waals surface area contributed by atoms with Gasteiger partial charge in [0.15, 0.2) is 5.96 Å². The summed E-state index contributed by atoms with van der Waals surface area (Å²) in [6.45, 7) is 6.73. The number of ether oxygens (including phenoxy) is 2. The van der Waals surface area contributed by atoms with Crippen LogP contribution in [0.4, 0.5) is 10.1 Å². The molecule has 0 amide bonds. The number of hydrogen-bond acceptors (Lipinski definition) is 5. The van der Waals surface area contributed by atoms with E-state index in [-0.39, 0.29) is 29.8 Å². The summed E-state index contributed by atoms with van der Waals surface area (Å²) in [6.07, 6.45) is 1.02. The Hall–Kier alpha value is -1.17. The minimum atomic E-state index is -0.193. The number of aliphatic imine (C=N–C) groups is 1. The van der Waals surface area contributed by atoms with Crippen LogP contribution < -0.4 is 15.5 Å². The summed E-state index contributed by atoms with van der Waals surface area (Å²) < 4.78 is 24.9. The summed E-state index contributed by atoms with van der Waals surface area (Å²) in [5.74, 6) is 0.518. The van der Waals surface area contributed by atoms with Crippen molar-refractivity contribution in [1.29, 1.82) is 0 Å². The SMILES string of the molecule is CN=C(NCCN(C)CCCOC)NCc1ccc(N2CCOCC2)c(F)c1.I. The molecule has 0 spiro atoms. The number of anilines is 1. The van der Waals surface area contributed by atoms with Gasteiger partial charge in [-0.1, -0.05) is 6.07 Å². The highest BCUT2D eigenvalue weighted by atomic mass is 127. The largest absolute Gasteiger partial charge is 0.385 e. The van der Waals surface area contributed by atoms with Gasteiger partial charge in [-0.15, -0.1) is 24.0 Å². The average Bonchev–Trinajstić information content (AvgIpc) is 2.71. The summed E-state index contributed by atoms with van der Waals surface area (Å²) in [4.78, 5) is 8.51. The summed E-state index contributed by atoms with van der Waals surface area (Å²) >= 11 is 0. The zero-order valence-corrected chi connectivity index (χ0v) is 20.1. The molecular formula is C20H35FIN5O2. The standard InChI is InChI=1S/C20H34FN5O2.HI/c1-22-20(23-7-9-25(2)8-4-12-27-3)24-16-17-5-6-19(18(21)15-17)26-10-13-28-14-11-26;/h5-6,15H,4,7-14,16H2,1-3H3,(H2,22,23,24);1H. The summed E-state index contributed by atoms with van der Waals surface area (Å²) in [7, 11) is 5.55. The molecule has 0 bridgehead atoms. The Morgan fingerprint density at radius 1 is 1.28 bits per heavy atom. The zero-order valence-electron chi connectivity index (χ0n) is 17.7. The second kappa shape index (κ2) is 14.8. The first kappa shape index (κ1) is 25.9. The molecule has 0 aliphatic carbocycles. The van der Waals surface area contributed by atoms with Gasteiger partial charge >= 0.3 is 0 Å². The van der Waals surface area contributed by atoms with Crippen LogP contribution in [0.1, 0.15) is 12.0 Å². The maximum atomic E-state index is 14.5. The van der Waals surface area contributed by atoms with Crippen LogP contribution >= 0.6 is 24.0 Å². The zero-order chi connectivity index (χ0) is 20.2. The molecule has 0 unspecified atom stereocenters. The second-order valence-corrected chi connectivity index (χ2v) is 6.89. The molecule has 0 atom stereocenters. The van der Waals surface area contributed by atoms with E-state index >= 15 is 0 Å². The van der Waals surface area contributed by atoms with Gasteiger partial charge in [0.1, 0.15) is 5.82 Å². The van der Waals surface area contributed by atoms with Crippen LogP contribution in [-0.4, -0.2) is 84.6 Å². The summed E-state index contributed by atoms with van der Waals surface area (Å²) in [5, 5.41) is 6.53. The normalized spacial score (nSPS) is 14.7. The lowest BCUT2D eigenvalue weighted by atomic mass is 10.1. The molecule has 1 fully saturated rings. The second-order valence-electron chi connectivity index (χ2n) is 6.89. The molecule has 0 aromatic heterocycles. The Morgan fingerprint density at radius 3 is 2.69 bits per heavy atom. The van der Waals surface area contributed by atoms with E-state index in [2.05, 4.69) is 27.6 Å². The van der Waals surface area contributed by atoms with E-state index in [0.717, 1.165) is 51.3 Å². The Labute approximate surface area is 191 Å². The van der Waals surface area contributed by atoms with Crippen LogP contribution in [0.3, 0.4) is 0 Å². The molecule has 9 heteroatoms. The number of nitrogens with zero attached hydrogens (tertiary/aromatic N) is 3. The van der Waals surface area contributed by atoms with Crippen LogP contribution in [0.2, 0.25) is 0 Å². The molecule has 1 saturated heterocycles. The number of rotatable bonds is 10. The maximum absolute atomic E-state index is 14.5. The van der Waals surface area contributed by atoms with E-state index in [1.807, 2.05) is 17.0 Å². The first-order valence-corrected chi connectivity index (χ1v) is 9.87. The van der Waals surface area contributed by atoms with Gasteiger partial charge in [0.05, 0.1) is 18.9 Å². The van der Waals surface area contributed by atoms with Crippen LogP contribution in [0.5, 0.6) is 0 Å². The molecule has 2 rings (SSSR count). The van der Waals surface area contributed by atoms with Crippen molar-refractivity contribution in [2.75, 3.05) is 78.6 Å². The minimum absolute atomic E-state index is 0. The lowest BCUT2D eigenvalue weighted by molar-refractivity contribution is 0.122. The van der Waals surface area contributed by atoms with E-state index in [1.54, 1.807) is 20.2 Å². The molecule has 166 valence electrons. The van der Waals surface area contributed by atoms with Crippen molar-refractivity contribution in [3.8, 4) is 0 Å². The number of guanidine groups is 1. The number of nitrogens with one attached hydrogen (secondary N) is 2. The van der Waals surface area contributed by atoms with Crippen LogP contribution in [-0.2, 0) is 16.0 Å². The quantitative estimate of drug-likeness (QED) is 0.212. The Kier molecular flexibility index (Phi) is 13.2. The van der Waals surface area contributed by atoms with E-state index in [4.69, 9.17) is 9.47 Å². The van der Waals surface area contributed by atoms with E-state index in [0.29, 0.717) is 31.4 Å². The van der Waals surface area contributed by atoms with E-state index < -0.39 is 0 Å². The van der Waals surface area contributed by atoms with Gasteiger partial charge in [-0.2, -0.15) is 0 Å². The highest BCUT2D eigenvalue weighted by Gasteiger charge is 2.15. The monoisotopic (exact) mass is 523 g/mol. The molecule has 29 heavy (non-hydrogen) atoms. The third-order valence-corrected chi connectivity index (χ3v) is 4.72. The molecule has 0 radical (unpaired) electrons. The van der Waals surface area contributed by atoms with Gasteiger partial charge in [0.2, 0.25) is 0 Å². The Morgan fingerprint density at radius 2 is 2.03 bits per heavy atom. The fraction of sp³-hybridized carbons (Fsp3) is 0.650. The Balaban J connectivity index is 0.00000420. The average molecular weight is 523 g/mol. The molecular weight excluding hydrogens is 488 g/mol. The maximum Gasteiger partial charge on any atom is 0.191 e. The Bertz CT molecular complexity index is 615. The third kappa shape index (κ3) is 9.45. The van der Waals surface area contributed by atoms with Crippen molar-refractivity contribution >= 4 is 35.6 Å². The molecule has 1 aromatic carbocycles.